The first-order chi connectivity index (χ1) is 23.9. The molecule has 1 aromatic heterocycles. The van der Waals surface area contributed by atoms with E-state index in [4.69, 9.17) is 9.26 Å². The summed E-state index contributed by atoms with van der Waals surface area (Å²) in [5.74, 6) is -1.35. The lowest BCUT2D eigenvalue weighted by Crippen LogP contribution is -2.53. The molecule has 1 amide bonds. The summed E-state index contributed by atoms with van der Waals surface area (Å²) in [6.07, 6.45) is 3.72. The van der Waals surface area contributed by atoms with Crippen LogP contribution in [0.25, 0.3) is 10.9 Å². The van der Waals surface area contributed by atoms with Crippen molar-refractivity contribution in [1.82, 2.24) is 15.6 Å². The molecular formula is C40H45N3O5P+. The van der Waals surface area contributed by atoms with Gasteiger partial charge in [-0.3, -0.25) is 10.1 Å². The zero-order chi connectivity index (χ0) is 34.4. The van der Waals surface area contributed by atoms with Crippen LogP contribution < -0.4 is 10.6 Å². The minimum Gasteiger partial charge on any atom is -0.459 e. The highest BCUT2D eigenvalue weighted by atomic mass is 31.1. The third-order valence-electron chi connectivity index (χ3n) is 8.35. The highest BCUT2D eigenvalue weighted by Crippen LogP contribution is 2.33. The highest BCUT2D eigenvalue weighted by Gasteiger charge is 2.38. The Morgan fingerprint density at radius 1 is 0.755 bits per heavy atom. The second kappa shape index (κ2) is 18.2. The zero-order valence-electron chi connectivity index (χ0n) is 28.1. The maximum Gasteiger partial charge on any atom is 0.527 e. The predicted octanol–water partition coefficient (Wildman–Crippen LogP) is 7.86. The van der Waals surface area contributed by atoms with Crippen molar-refractivity contribution in [3.8, 4) is 0 Å². The summed E-state index contributed by atoms with van der Waals surface area (Å²) in [4.78, 5) is 31.0. The number of aromatic amines is 1. The van der Waals surface area contributed by atoms with Crippen LogP contribution in [0.3, 0.4) is 0 Å². The van der Waals surface area contributed by atoms with Crippen LogP contribution in [0.5, 0.6) is 0 Å². The zero-order valence-corrected chi connectivity index (χ0v) is 29.0. The first kappa shape index (κ1) is 35.7. The van der Waals surface area contributed by atoms with E-state index in [0.29, 0.717) is 19.3 Å². The molecule has 1 heterocycles. The number of rotatable bonds is 18. The van der Waals surface area contributed by atoms with Gasteiger partial charge in [-0.1, -0.05) is 123 Å². The van der Waals surface area contributed by atoms with Crippen LogP contribution in [-0.4, -0.2) is 34.7 Å². The van der Waals surface area contributed by atoms with Gasteiger partial charge in [0.05, 0.1) is 6.04 Å². The molecule has 8 nitrogen and oxygen atoms in total. The van der Waals surface area contributed by atoms with Gasteiger partial charge in [0.15, 0.2) is 0 Å². The lowest BCUT2D eigenvalue weighted by Gasteiger charge is -2.24. The van der Waals surface area contributed by atoms with E-state index < -0.39 is 31.9 Å². The van der Waals surface area contributed by atoms with Crippen molar-refractivity contribution in [1.29, 1.82) is 0 Å². The molecule has 4 atom stereocenters. The van der Waals surface area contributed by atoms with Crippen molar-refractivity contribution >= 4 is 30.8 Å². The average molecular weight is 679 g/mol. The third kappa shape index (κ3) is 10.9. The summed E-state index contributed by atoms with van der Waals surface area (Å²) in [6.45, 7) is 4.35. The number of aromatic nitrogens is 1. The van der Waals surface area contributed by atoms with Crippen molar-refractivity contribution < 1.29 is 23.4 Å². The number of amides is 1. The van der Waals surface area contributed by atoms with E-state index >= 15 is 0 Å². The Bertz CT molecular complexity index is 1780. The van der Waals surface area contributed by atoms with Gasteiger partial charge in [-0.2, -0.15) is 0 Å². The van der Waals surface area contributed by atoms with Gasteiger partial charge in [0, 0.05) is 29.9 Å². The van der Waals surface area contributed by atoms with Gasteiger partial charge in [-0.25, -0.2) is 4.79 Å². The fourth-order valence-corrected chi connectivity index (χ4v) is 6.87. The number of hydrogen-bond acceptors (Lipinski definition) is 6. The minimum absolute atomic E-state index is 0.0917. The van der Waals surface area contributed by atoms with Gasteiger partial charge in [0.2, 0.25) is 11.7 Å². The van der Waals surface area contributed by atoms with E-state index in [2.05, 4.69) is 15.6 Å². The summed E-state index contributed by atoms with van der Waals surface area (Å²) in [6, 6.07) is 35.2. The van der Waals surface area contributed by atoms with Gasteiger partial charge in [0.25, 0.3) is 0 Å². The van der Waals surface area contributed by atoms with E-state index in [0.717, 1.165) is 33.2 Å². The van der Waals surface area contributed by atoms with E-state index in [1.807, 2.05) is 135 Å². The second-order valence-electron chi connectivity index (χ2n) is 12.7. The van der Waals surface area contributed by atoms with Crippen LogP contribution in [0.1, 0.15) is 48.9 Å². The lowest BCUT2D eigenvalue weighted by atomic mass is 10.0. The van der Waals surface area contributed by atoms with Crippen LogP contribution in [0.2, 0.25) is 0 Å². The number of fused-ring (bicyclic) bond motifs is 1. The maximum absolute atomic E-state index is 14.1. The standard InChI is InChI=1S/C40H44N3O5P/c1-29(2)24-36(42-38(23-22-30-14-6-3-7-15-30)49(46)48-28-32-18-10-5-11-19-32)39(44)43-37(40(45)47-27-31-16-8-4-9-17-31)25-33-26-41-35-21-13-12-20-34(33)35/h3-21,26,29,36-38,41-42H,22-25,27-28H2,1-2H3/p+1/t36-,37-,38?/m0/s1. The molecule has 0 radical (unpaired) electrons. The van der Waals surface area contributed by atoms with E-state index in [-0.39, 0.29) is 31.5 Å². The van der Waals surface area contributed by atoms with Crippen LogP contribution in [-0.2, 0) is 49.5 Å². The highest BCUT2D eigenvalue weighted by molar-refractivity contribution is 7.39. The number of para-hydroxylation sites is 1. The number of carbonyl (C=O) groups is 2. The third-order valence-corrected chi connectivity index (χ3v) is 9.65. The summed E-state index contributed by atoms with van der Waals surface area (Å²) in [5.41, 5.74) is 4.71. The van der Waals surface area contributed by atoms with Crippen molar-refractivity contribution in [2.75, 3.05) is 0 Å². The number of hydrogen-bond donors (Lipinski definition) is 3. The van der Waals surface area contributed by atoms with Crippen molar-refractivity contribution in [3.63, 3.8) is 0 Å². The normalized spacial score (nSPS) is 13.5. The fourth-order valence-electron chi connectivity index (χ4n) is 5.77. The molecule has 0 aliphatic rings. The fraction of sp³-hybridized carbons (Fsp3) is 0.300. The number of H-pyrrole nitrogens is 1. The first-order valence-electron chi connectivity index (χ1n) is 16.8. The molecule has 0 aliphatic heterocycles. The molecule has 4 aromatic carbocycles. The van der Waals surface area contributed by atoms with Gasteiger partial charge in [-0.15, -0.1) is 4.52 Å². The largest absolute Gasteiger partial charge is 0.527 e. The Morgan fingerprint density at radius 3 is 2.00 bits per heavy atom. The van der Waals surface area contributed by atoms with Gasteiger partial charge in [0.1, 0.15) is 19.3 Å². The Kier molecular flexibility index (Phi) is 13.3. The average Bonchev–Trinajstić information content (AvgIpc) is 3.54. The molecule has 0 saturated carbocycles. The summed E-state index contributed by atoms with van der Waals surface area (Å²) < 4.78 is 25.4. The molecule has 0 aliphatic carbocycles. The molecule has 2 unspecified atom stereocenters. The maximum atomic E-state index is 14.1. The summed E-state index contributed by atoms with van der Waals surface area (Å²) >= 11 is 0. The predicted molar refractivity (Wildman–Crippen MR) is 194 cm³/mol. The Balaban J connectivity index is 1.35. The number of aryl methyl sites for hydroxylation is 1. The minimum atomic E-state index is -2.20. The topological polar surface area (TPSA) is 110 Å². The Hall–Kier alpha value is -4.62. The molecule has 49 heavy (non-hydrogen) atoms. The lowest BCUT2D eigenvalue weighted by molar-refractivity contribution is -0.149. The van der Waals surface area contributed by atoms with Crippen LogP contribution in [0, 0.1) is 5.92 Å². The molecule has 9 heteroatoms. The molecule has 5 rings (SSSR count). The van der Waals surface area contributed by atoms with Crippen molar-refractivity contribution in [2.45, 2.75) is 70.6 Å². The van der Waals surface area contributed by atoms with Crippen molar-refractivity contribution in [3.05, 3.63) is 144 Å². The number of ether oxygens (including phenoxy) is 1. The monoisotopic (exact) mass is 678 g/mol. The number of benzene rings is 4. The van der Waals surface area contributed by atoms with Crippen molar-refractivity contribution in [2.24, 2.45) is 5.92 Å². The smallest absolute Gasteiger partial charge is 0.459 e. The Morgan fingerprint density at radius 2 is 1.35 bits per heavy atom. The summed E-state index contributed by atoms with van der Waals surface area (Å²) in [5, 5.41) is 7.39. The summed E-state index contributed by atoms with van der Waals surface area (Å²) in [7, 11) is -2.20. The molecule has 0 fully saturated rings. The second-order valence-corrected chi connectivity index (χ2v) is 14.1. The van der Waals surface area contributed by atoms with Gasteiger partial charge < -0.3 is 15.0 Å². The molecular weight excluding hydrogens is 633 g/mol. The van der Waals surface area contributed by atoms with E-state index in [1.165, 1.54) is 0 Å². The van der Waals surface area contributed by atoms with Gasteiger partial charge in [-0.05, 0) is 51.6 Å². The van der Waals surface area contributed by atoms with Crippen LogP contribution in [0.15, 0.2) is 121 Å². The molecule has 0 saturated heterocycles. The molecule has 254 valence electrons. The molecule has 5 aromatic rings. The number of esters is 1. The van der Waals surface area contributed by atoms with E-state index in [1.54, 1.807) is 0 Å². The molecule has 0 spiro atoms. The Labute approximate surface area is 289 Å². The molecule has 0 bridgehead atoms. The quantitative estimate of drug-likeness (QED) is 0.0643. The van der Waals surface area contributed by atoms with E-state index in [9.17, 15) is 14.2 Å². The van der Waals surface area contributed by atoms with Gasteiger partial charge >= 0.3 is 14.0 Å². The number of carbonyl (C=O) groups excluding carboxylic acids is 2. The SMILES string of the molecule is CC(C)C[C@H](NC(CCc1ccccc1)[P+](=O)OCc1ccccc1)C(=O)N[C@@H](Cc1c[nH]c2ccccc12)C(=O)OCc1ccccc1. The number of nitrogens with one attached hydrogen (secondary N) is 3. The first-order valence-corrected chi connectivity index (χ1v) is 18.1. The molecule has 3 N–H and O–H groups in total. The van der Waals surface area contributed by atoms with Crippen LogP contribution >= 0.6 is 8.03 Å². The van der Waals surface area contributed by atoms with Crippen LogP contribution in [0.4, 0.5) is 0 Å².